The number of hydrogen-bond acceptors (Lipinski definition) is 6. The van der Waals surface area contributed by atoms with E-state index in [1.807, 2.05) is 19.1 Å². The molecule has 9 heteroatoms. The Morgan fingerprint density at radius 3 is 2.06 bits per heavy atom. The zero-order chi connectivity index (χ0) is 22.4. The molecule has 1 saturated heterocycles. The Balaban J connectivity index is 1.59. The standard InChI is InChI=1S/C22H26N2O6S/c1-3-17-5-11-20(12-6-17)31(27,28)24-15-13-23(14-16-24)21(25)18-7-9-19(10-8-18)30-22(26)29-4-2/h5-12H,3-4,13-16H2,1-2H3. The van der Waals surface area contributed by atoms with Crippen LogP contribution in [-0.4, -0.2) is 62.5 Å². The molecule has 1 amide bonds. The summed E-state index contributed by atoms with van der Waals surface area (Å²) in [5.74, 6) is 0.0760. The number of carbonyl (C=O) groups is 2. The SMILES string of the molecule is CCOC(=O)Oc1ccc(C(=O)N2CCN(S(=O)(=O)c3ccc(CC)cc3)CC2)cc1. The molecule has 8 nitrogen and oxygen atoms in total. The maximum Gasteiger partial charge on any atom is 0.513 e. The molecule has 1 heterocycles. The summed E-state index contributed by atoms with van der Waals surface area (Å²) in [4.78, 5) is 26.0. The van der Waals surface area contributed by atoms with E-state index < -0.39 is 16.2 Å². The highest BCUT2D eigenvalue weighted by Crippen LogP contribution is 2.20. The number of nitrogens with zero attached hydrogens (tertiary/aromatic N) is 2. The molecule has 0 aliphatic carbocycles. The molecule has 0 unspecified atom stereocenters. The topological polar surface area (TPSA) is 93.2 Å². The fourth-order valence-electron chi connectivity index (χ4n) is 3.27. The van der Waals surface area contributed by atoms with Crippen LogP contribution in [0.5, 0.6) is 5.75 Å². The first-order valence-corrected chi connectivity index (χ1v) is 11.6. The van der Waals surface area contributed by atoms with Crippen molar-refractivity contribution >= 4 is 22.1 Å². The van der Waals surface area contributed by atoms with E-state index in [1.165, 1.54) is 16.4 Å². The highest BCUT2D eigenvalue weighted by molar-refractivity contribution is 7.89. The van der Waals surface area contributed by atoms with Crippen LogP contribution in [0.3, 0.4) is 0 Å². The molecular weight excluding hydrogens is 420 g/mol. The Labute approximate surface area is 182 Å². The van der Waals surface area contributed by atoms with Crippen LogP contribution in [0.4, 0.5) is 4.79 Å². The van der Waals surface area contributed by atoms with Crippen molar-refractivity contribution in [1.82, 2.24) is 9.21 Å². The molecule has 0 saturated carbocycles. The van der Waals surface area contributed by atoms with Gasteiger partial charge in [0.25, 0.3) is 5.91 Å². The number of sulfonamides is 1. The first-order chi connectivity index (χ1) is 14.8. The summed E-state index contributed by atoms with van der Waals surface area (Å²) in [6, 6.07) is 13.1. The van der Waals surface area contributed by atoms with E-state index in [2.05, 4.69) is 0 Å². The normalized spacial score (nSPS) is 14.8. The predicted octanol–water partition coefficient (Wildman–Crippen LogP) is 2.93. The van der Waals surface area contributed by atoms with Crippen molar-refractivity contribution < 1.29 is 27.5 Å². The van der Waals surface area contributed by atoms with Gasteiger partial charge in [0.05, 0.1) is 11.5 Å². The van der Waals surface area contributed by atoms with Gasteiger partial charge in [0.2, 0.25) is 10.0 Å². The summed E-state index contributed by atoms with van der Waals surface area (Å²) < 4.78 is 36.9. The Morgan fingerprint density at radius 1 is 0.903 bits per heavy atom. The number of rotatable bonds is 6. The van der Waals surface area contributed by atoms with Gasteiger partial charge < -0.3 is 14.4 Å². The van der Waals surface area contributed by atoms with Gasteiger partial charge in [0.15, 0.2) is 0 Å². The van der Waals surface area contributed by atoms with E-state index in [0.29, 0.717) is 18.7 Å². The fourth-order valence-corrected chi connectivity index (χ4v) is 4.69. The molecule has 2 aromatic carbocycles. The van der Waals surface area contributed by atoms with E-state index in [-0.39, 0.29) is 36.2 Å². The van der Waals surface area contributed by atoms with Gasteiger partial charge in [-0.2, -0.15) is 4.31 Å². The molecule has 166 valence electrons. The zero-order valence-corrected chi connectivity index (χ0v) is 18.4. The monoisotopic (exact) mass is 446 g/mol. The first-order valence-electron chi connectivity index (χ1n) is 10.2. The molecule has 1 aliphatic heterocycles. The molecule has 3 rings (SSSR count). The van der Waals surface area contributed by atoms with Gasteiger partial charge in [-0.05, 0) is 55.3 Å². The van der Waals surface area contributed by atoms with Crippen molar-refractivity contribution in [3.8, 4) is 5.75 Å². The maximum atomic E-state index is 12.9. The summed E-state index contributed by atoms with van der Waals surface area (Å²) in [6.45, 7) is 4.96. The lowest BCUT2D eigenvalue weighted by molar-refractivity contribution is 0.0698. The van der Waals surface area contributed by atoms with Crippen LogP contribution >= 0.6 is 0 Å². The minimum Gasteiger partial charge on any atom is -0.434 e. The molecular formula is C22H26N2O6S. The summed E-state index contributed by atoms with van der Waals surface area (Å²) in [5, 5.41) is 0. The summed E-state index contributed by atoms with van der Waals surface area (Å²) in [6.07, 6.45) is 0.0417. The second kappa shape index (κ2) is 9.93. The molecule has 0 atom stereocenters. The molecule has 1 aliphatic rings. The third-order valence-corrected chi connectivity index (χ3v) is 6.97. The second-order valence-corrected chi connectivity index (χ2v) is 8.94. The Kier molecular flexibility index (Phi) is 7.29. The zero-order valence-electron chi connectivity index (χ0n) is 17.6. The molecule has 0 spiro atoms. The van der Waals surface area contributed by atoms with Gasteiger partial charge in [-0.25, -0.2) is 13.2 Å². The fraction of sp³-hybridized carbons (Fsp3) is 0.364. The van der Waals surface area contributed by atoms with Gasteiger partial charge >= 0.3 is 6.16 Å². The summed E-state index contributed by atoms with van der Waals surface area (Å²) in [7, 11) is -3.59. The van der Waals surface area contributed by atoms with Gasteiger partial charge in [-0.15, -0.1) is 0 Å². The van der Waals surface area contributed by atoms with Crippen molar-refractivity contribution in [2.45, 2.75) is 25.2 Å². The smallest absolute Gasteiger partial charge is 0.434 e. The van der Waals surface area contributed by atoms with Gasteiger partial charge in [0, 0.05) is 31.7 Å². The average Bonchev–Trinajstić information content (AvgIpc) is 2.79. The summed E-state index contributed by atoms with van der Waals surface area (Å²) >= 11 is 0. The van der Waals surface area contributed by atoms with E-state index in [9.17, 15) is 18.0 Å². The van der Waals surface area contributed by atoms with Crippen LogP contribution < -0.4 is 4.74 Å². The van der Waals surface area contributed by atoms with E-state index in [1.54, 1.807) is 36.1 Å². The van der Waals surface area contributed by atoms with Crippen molar-refractivity contribution in [2.24, 2.45) is 0 Å². The molecule has 0 radical (unpaired) electrons. The number of carbonyl (C=O) groups excluding carboxylic acids is 2. The Bertz CT molecular complexity index is 1010. The molecule has 0 bridgehead atoms. The van der Waals surface area contributed by atoms with Crippen molar-refractivity contribution in [1.29, 1.82) is 0 Å². The average molecular weight is 447 g/mol. The minimum atomic E-state index is -3.59. The summed E-state index contributed by atoms with van der Waals surface area (Å²) in [5.41, 5.74) is 1.51. The number of aryl methyl sites for hydroxylation is 1. The van der Waals surface area contributed by atoms with E-state index in [0.717, 1.165) is 12.0 Å². The lowest BCUT2D eigenvalue weighted by Gasteiger charge is -2.34. The number of hydrogen-bond donors (Lipinski definition) is 0. The third-order valence-electron chi connectivity index (χ3n) is 5.06. The van der Waals surface area contributed by atoms with Crippen LogP contribution in [0.2, 0.25) is 0 Å². The lowest BCUT2D eigenvalue weighted by atomic mass is 10.2. The first kappa shape index (κ1) is 22.8. The van der Waals surface area contributed by atoms with Crippen molar-refractivity contribution in [2.75, 3.05) is 32.8 Å². The van der Waals surface area contributed by atoms with Gasteiger partial charge in [0.1, 0.15) is 5.75 Å². The number of piperazine rings is 1. The number of amides is 1. The van der Waals surface area contributed by atoms with Crippen molar-refractivity contribution in [3.05, 3.63) is 59.7 Å². The lowest BCUT2D eigenvalue weighted by Crippen LogP contribution is -2.50. The Hall–Kier alpha value is -2.91. The van der Waals surface area contributed by atoms with Gasteiger partial charge in [-0.3, -0.25) is 4.79 Å². The van der Waals surface area contributed by atoms with Crippen molar-refractivity contribution in [3.63, 3.8) is 0 Å². The number of benzene rings is 2. The van der Waals surface area contributed by atoms with E-state index in [4.69, 9.17) is 9.47 Å². The molecule has 2 aromatic rings. The minimum absolute atomic E-state index is 0.202. The van der Waals surface area contributed by atoms with E-state index >= 15 is 0 Å². The van der Waals surface area contributed by atoms with Crippen LogP contribution in [-0.2, 0) is 21.2 Å². The third kappa shape index (κ3) is 5.42. The number of ether oxygens (including phenoxy) is 2. The molecule has 31 heavy (non-hydrogen) atoms. The van der Waals surface area contributed by atoms with Crippen LogP contribution in [0.1, 0.15) is 29.8 Å². The highest BCUT2D eigenvalue weighted by Gasteiger charge is 2.30. The van der Waals surface area contributed by atoms with Crippen LogP contribution in [0, 0.1) is 0 Å². The molecule has 0 aromatic heterocycles. The largest absolute Gasteiger partial charge is 0.513 e. The molecule has 1 fully saturated rings. The quantitative estimate of drug-likeness (QED) is 0.500. The second-order valence-electron chi connectivity index (χ2n) is 7.00. The van der Waals surface area contributed by atoms with Crippen LogP contribution in [0.15, 0.2) is 53.4 Å². The molecule has 0 N–H and O–H groups in total. The maximum absolute atomic E-state index is 12.9. The van der Waals surface area contributed by atoms with Gasteiger partial charge in [-0.1, -0.05) is 19.1 Å². The predicted molar refractivity (Wildman–Crippen MR) is 115 cm³/mol. The van der Waals surface area contributed by atoms with Crippen LogP contribution in [0.25, 0.3) is 0 Å². The Morgan fingerprint density at radius 2 is 1.52 bits per heavy atom. The highest BCUT2D eigenvalue weighted by atomic mass is 32.2.